The van der Waals surface area contributed by atoms with Gasteiger partial charge in [-0.3, -0.25) is 0 Å². The maximum Gasteiger partial charge on any atom is 0.0774 e. The molecule has 2 N–H and O–H groups in total. The lowest BCUT2D eigenvalue weighted by Crippen LogP contribution is -2.45. The first-order valence-electron chi connectivity index (χ1n) is 5.81. The molecule has 0 amide bonds. The summed E-state index contributed by atoms with van der Waals surface area (Å²) in [5, 5.41) is 19.6. The fourth-order valence-electron chi connectivity index (χ4n) is 2.68. The third-order valence-corrected chi connectivity index (χ3v) is 3.61. The van der Waals surface area contributed by atoms with Gasteiger partial charge in [0.15, 0.2) is 0 Å². The summed E-state index contributed by atoms with van der Waals surface area (Å²) in [7, 11) is 0. The minimum Gasteiger partial charge on any atom is -0.393 e. The summed E-state index contributed by atoms with van der Waals surface area (Å²) in [6.45, 7) is 2.71. The SMILES string of the molecule is OC1CCN(CC2(O)CCCC2)CC1. The topological polar surface area (TPSA) is 43.7 Å². The molecule has 1 saturated heterocycles. The summed E-state index contributed by atoms with van der Waals surface area (Å²) in [4.78, 5) is 2.30. The Hall–Kier alpha value is -0.120. The summed E-state index contributed by atoms with van der Waals surface area (Å²) < 4.78 is 0. The molecule has 1 heterocycles. The van der Waals surface area contributed by atoms with Gasteiger partial charge >= 0.3 is 0 Å². The van der Waals surface area contributed by atoms with Gasteiger partial charge < -0.3 is 15.1 Å². The van der Waals surface area contributed by atoms with Gasteiger partial charge in [0.25, 0.3) is 0 Å². The zero-order valence-electron chi connectivity index (χ0n) is 8.78. The summed E-state index contributed by atoms with van der Waals surface area (Å²) in [6.07, 6.45) is 5.91. The van der Waals surface area contributed by atoms with E-state index in [1.165, 1.54) is 12.8 Å². The van der Waals surface area contributed by atoms with Crippen LogP contribution in [0.25, 0.3) is 0 Å². The summed E-state index contributed by atoms with van der Waals surface area (Å²) in [6, 6.07) is 0. The normalized spacial score (nSPS) is 29.6. The van der Waals surface area contributed by atoms with Crippen molar-refractivity contribution in [2.24, 2.45) is 0 Å². The van der Waals surface area contributed by atoms with E-state index in [4.69, 9.17) is 0 Å². The van der Waals surface area contributed by atoms with E-state index in [1.54, 1.807) is 0 Å². The molecule has 0 aromatic heterocycles. The maximum absolute atomic E-state index is 10.2. The van der Waals surface area contributed by atoms with E-state index in [9.17, 15) is 10.2 Å². The highest BCUT2D eigenvalue weighted by molar-refractivity contribution is 4.88. The number of β-amino-alcohol motifs (C(OH)–C–C–N with tert-alkyl or cyclic N) is 1. The molecule has 0 aromatic rings. The number of rotatable bonds is 2. The molecule has 0 aromatic carbocycles. The van der Waals surface area contributed by atoms with Gasteiger partial charge in [-0.15, -0.1) is 0 Å². The Morgan fingerprint density at radius 2 is 1.71 bits per heavy atom. The Balaban J connectivity index is 1.79. The van der Waals surface area contributed by atoms with Crippen LogP contribution in [0.4, 0.5) is 0 Å². The lowest BCUT2D eigenvalue weighted by molar-refractivity contribution is -0.00992. The fraction of sp³-hybridized carbons (Fsp3) is 1.00. The summed E-state index contributed by atoms with van der Waals surface area (Å²) in [5.41, 5.74) is -0.414. The van der Waals surface area contributed by atoms with Crippen molar-refractivity contribution in [3.8, 4) is 0 Å². The first kappa shape index (κ1) is 10.4. The Labute approximate surface area is 85.7 Å². The van der Waals surface area contributed by atoms with Crippen molar-refractivity contribution in [1.82, 2.24) is 4.90 Å². The molecule has 0 radical (unpaired) electrons. The zero-order chi connectivity index (χ0) is 10.0. The van der Waals surface area contributed by atoms with Crippen molar-refractivity contribution in [2.45, 2.75) is 50.2 Å². The lowest BCUT2D eigenvalue weighted by atomic mass is 9.99. The molecule has 0 spiro atoms. The Bertz CT molecular complexity index is 182. The molecule has 2 aliphatic rings. The molecule has 1 aliphatic heterocycles. The van der Waals surface area contributed by atoms with Crippen LogP contribution in [0.15, 0.2) is 0 Å². The molecule has 14 heavy (non-hydrogen) atoms. The minimum atomic E-state index is -0.414. The maximum atomic E-state index is 10.2. The van der Waals surface area contributed by atoms with Crippen molar-refractivity contribution in [2.75, 3.05) is 19.6 Å². The molecule has 0 atom stereocenters. The molecule has 2 rings (SSSR count). The second-order valence-corrected chi connectivity index (χ2v) is 4.94. The third-order valence-electron chi connectivity index (χ3n) is 3.61. The summed E-state index contributed by atoms with van der Waals surface area (Å²) >= 11 is 0. The molecular formula is C11H21NO2. The van der Waals surface area contributed by atoms with Crippen LogP contribution in [0.1, 0.15) is 38.5 Å². The van der Waals surface area contributed by atoms with E-state index < -0.39 is 5.60 Å². The number of piperidine rings is 1. The van der Waals surface area contributed by atoms with Crippen LogP contribution in [-0.4, -0.2) is 46.5 Å². The third kappa shape index (κ3) is 2.47. The van der Waals surface area contributed by atoms with E-state index in [2.05, 4.69) is 4.90 Å². The monoisotopic (exact) mass is 199 g/mol. The highest BCUT2D eigenvalue weighted by Gasteiger charge is 2.33. The average Bonchev–Trinajstić information content (AvgIpc) is 2.57. The van der Waals surface area contributed by atoms with Crippen molar-refractivity contribution in [3.63, 3.8) is 0 Å². The van der Waals surface area contributed by atoms with E-state index in [-0.39, 0.29) is 6.10 Å². The number of hydrogen-bond acceptors (Lipinski definition) is 3. The van der Waals surface area contributed by atoms with Crippen LogP contribution < -0.4 is 0 Å². The average molecular weight is 199 g/mol. The van der Waals surface area contributed by atoms with Gasteiger partial charge in [0, 0.05) is 19.6 Å². The molecule has 1 saturated carbocycles. The largest absolute Gasteiger partial charge is 0.393 e. The molecule has 3 heteroatoms. The van der Waals surface area contributed by atoms with Crippen LogP contribution in [-0.2, 0) is 0 Å². The first-order chi connectivity index (χ1) is 6.68. The van der Waals surface area contributed by atoms with Crippen molar-refractivity contribution >= 4 is 0 Å². The molecule has 82 valence electrons. The second kappa shape index (κ2) is 4.17. The van der Waals surface area contributed by atoms with Crippen LogP contribution in [0, 0.1) is 0 Å². The van der Waals surface area contributed by atoms with E-state index in [1.807, 2.05) is 0 Å². The second-order valence-electron chi connectivity index (χ2n) is 4.94. The highest BCUT2D eigenvalue weighted by atomic mass is 16.3. The van der Waals surface area contributed by atoms with Crippen molar-refractivity contribution in [3.05, 3.63) is 0 Å². The van der Waals surface area contributed by atoms with Gasteiger partial charge in [-0.05, 0) is 25.7 Å². The lowest BCUT2D eigenvalue weighted by Gasteiger charge is -2.35. The molecule has 0 bridgehead atoms. The molecule has 2 fully saturated rings. The van der Waals surface area contributed by atoms with Gasteiger partial charge in [0.05, 0.1) is 11.7 Å². The van der Waals surface area contributed by atoms with Gasteiger partial charge in [0.1, 0.15) is 0 Å². The van der Waals surface area contributed by atoms with Gasteiger partial charge in [0.2, 0.25) is 0 Å². The van der Waals surface area contributed by atoms with E-state index in [0.717, 1.165) is 45.3 Å². The van der Waals surface area contributed by atoms with E-state index in [0.29, 0.717) is 0 Å². The number of aliphatic hydroxyl groups is 2. The standard InChI is InChI=1S/C11H21NO2/c13-10-3-7-12(8-4-10)9-11(14)5-1-2-6-11/h10,13-14H,1-9H2. The summed E-state index contributed by atoms with van der Waals surface area (Å²) in [5.74, 6) is 0. The number of aliphatic hydroxyl groups excluding tert-OH is 1. The molecule has 1 aliphatic carbocycles. The predicted octanol–water partition coefficient (Wildman–Crippen LogP) is 0.748. The van der Waals surface area contributed by atoms with Crippen LogP contribution in [0.5, 0.6) is 0 Å². The van der Waals surface area contributed by atoms with Gasteiger partial charge in [-0.2, -0.15) is 0 Å². The Kier molecular flexibility index (Phi) is 3.10. The fourth-order valence-corrected chi connectivity index (χ4v) is 2.68. The molecular weight excluding hydrogens is 178 g/mol. The highest BCUT2D eigenvalue weighted by Crippen LogP contribution is 2.30. The quantitative estimate of drug-likeness (QED) is 0.689. The molecule has 3 nitrogen and oxygen atoms in total. The Morgan fingerprint density at radius 1 is 1.14 bits per heavy atom. The minimum absolute atomic E-state index is 0.107. The van der Waals surface area contributed by atoms with Crippen molar-refractivity contribution < 1.29 is 10.2 Å². The van der Waals surface area contributed by atoms with Crippen LogP contribution in [0.3, 0.4) is 0 Å². The van der Waals surface area contributed by atoms with Gasteiger partial charge in [-0.25, -0.2) is 0 Å². The number of likely N-dealkylation sites (tertiary alicyclic amines) is 1. The van der Waals surface area contributed by atoms with Gasteiger partial charge in [-0.1, -0.05) is 12.8 Å². The molecule has 0 unspecified atom stereocenters. The van der Waals surface area contributed by atoms with Crippen LogP contribution >= 0.6 is 0 Å². The zero-order valence-corrected chi connectivity index (χ0v) is 8.78. The number of nitrogens with zero attached hydrogens (tertiary/aromatic N) is 1. The smallest absolute Gasteiger partial charge is 0.0774 e. The predicted molar refractivity (Wildman–Crippen MR) is 55.1 cm³/mol. The van der Waals surface area contributed by atoms with Crippen LogP contribution in [0.2, 0.25) is 0 Å². The number of hydrogen-bond donors (Lipinski definition) is 2. The Morgan fingerprint density at radius 3 is 2.29 bits per heavy atom. The van der Waals surface area contributed by atoms with E-state index >= 15 is 0 Å². The van der Waals surface area contributed by atoms with Crippen molar-refractivity contribution in [1.29, 1.82) is 0 Å². The first-order valence-corrected chi connectivity index (χ1v) is 5.81.